The predicted octanol–water partition coefficient (Wildman–Crippen LogP) is 1.75. The Kier molecular flexibility index (Phi) is 2.26. The summed E-state index contributed by atoms with van der Waals surface area (Å²) in [5.74, 6) is 0. The summed E-state index contributed by atoms with van der Waals surface area (Å²) in [6.45, 7) is 6.35. The second-order valence-corrected chi connectivity index (χ2v) is 4.68. The Morgan fingerprint density at radius 1 is 1.27 bits per heavy atom. The summed E-state index contributed by atoms with van der Waals surface area (Å²) in [5, 5.41) is 0. The molecule has 0 aromatic heterocycles. The van der Waals surface area contributed by atoms with E-state index >= 15 is 0 Å². The molecule has 0 spiro atoms. The van der Waals surface area contributed by atoms with Crippen LogP contribution in [-0.4, -0.2) is 30.7 Å². The van der Waals surface area contributed by atoms with Crippen LogP contribution in [0.25, 0.3) is 0 Å². The lowest BCUT2D eigenvalue weighted by Gasteiger charge is -2.40. The molecule has 0 atom stereocenters. The van der Waals surface area contributed by atoms with Gasteiger partial charge in [0.25, 0.3) is 0 Å². The lowest BCUT2D eigenvalue weighted by molar-refractivity contribution is -0.0695. The van der Waals surface area contributed by atoms with Crippen LogP contribution in [0.15, 0.2) is 18.2 Å². The van der Waals surface area contributed by atoms with Gasteiger partial charge in [0.1, 0.15) is 0 Å². The SMILES string of the molecule is Cc1ccc2c(c1)CN(C1COC1)CC2. The average Bonchev–Trinajstić information content (AvgIpc) is 2.14. The summed E-state index contributed by atoms with van der Waals surface area (Å²) in [4.78, 5) is 2.56. The summed E-state index contributed by atoms with van der Waals surface area (Å²) in [6.07, 6.45) is 1.20. The molecule has 2 aliphatic rings. The van der Waals surface area contributed by atoms with Gasteiger partial charge >= 0.3 is 0 Å². The Bertz CT molecular complexity index is 371. The molecule has 2 heterocycles. The minimum Gasteiger partial charge on any atom is -0.378 e. The largest absolute Gasteiger partial charge is 0.378 e. The van der Waals surface area contributed by atoms with Crippen LogP contribution in [0.5, 0.6) is 0 Å². The van der Waals surface area contributed by atoms with Gasteiger partial charge in [-0.15, -0.1) is 0 Å². The third-order valence-corrected chi connectivity index (χ3v) is 3.54. The van der Waals surface area contributed by atoms with Crippen molar-refractivity contribution in [1.82, 2.24) is 4.90 Å². The average molecular weight is 203 g/mol. The Labute approximate surface area is 90.8 Å². The molecule has 1 saturated heterocycles. The zero-order valence-electron chi connectivity index (χ0n) is 9.20. The van der Waals surface area contributed by atoms with Crippen LogP contribution in [0.2, 0.25) is 0 Å². The number of rotatable bonds is 1. The quantitative estimate of drug-likeness (QED) is 0.689. The van der Waals surface area contributed by atoms with Crippen molar-refractivity contribution in [3.8, 4) is 0 Å². The smallest absolute Gasteiger partial charge is 0.0645 e. The number of benzene rings is 1. The van der Waals surface area contributed by atoms with Crippen molar-refractivity contribution in [2.45, 2.75) is 25.9 Å². The van der Waals surface area contributed by atoms with Crippen LogP contribution in [0.1, 0.15) is 16.7 Å². The third kappa shape index (κ3) is 1.68. The number of hydrogen-bond acceptors (Lipinski definition) is 2. The van der Waals surface area contributed by atoms with Crippen molar-refractivity contribution in [2.24, 2.45) is 0 Å². The van der Waals surface area contributed by atoms with E-state index in [0.29, 0.717) is 6.04 Å². The lowest BCUT2D eigenvalue weighted by Crippen LogP contribution is -2.50. The Morgan fingerprint density at radius 3 is 2.87 bits per heavy atom. The van der Waals surface area contributed by atoms with Gasteiger partial charge in [-0.2, -0.15) is 0 Å². The molecule has 0 bridgehead atoms. The van der Waals surface area contributed by atoms with Crippen molar-refractivity contribution >= 4 is 0 Å². The molecule has 1 fully saturated rings. The standard InChI is InChI=1S/C13H17NO/c1-10-2-3-11-4-5-14(7-12(11)6-10)13-8-15-9-13/h2-3,6,13H,4-5,7-9H2,1H3. The van der Waals surface area contributed by atoms with Gasteiger partial charge in [-0.05, 0) is 24.5 Å². The maximum absolute atomic E-state index is 5.26. The van der Waals surface area contributed by atoms with E-state index in [1.165, 1.54) is 29.7 Å². The summed E-state index contributed by atoms with van der Waals surface area (Å²) in [5.41, 5.74) is 4.44. The van der Waals surface area contributed by atoms with Crippen molar-refractivity contribution in [3.63, 3.8) is 0 Å². The van der Waals surface area contributed by atoms with E-state index in [1.807, 2.05) is 0 Å². The number of nitrogens with zero attached hydrogens (tertiary/aromatic N) is 1. The fourth-order valence-corrected chi connectivity index (χ4v) is 2.45. The fraction of sp³-hybridized carbons (Fsp3) is 0.538. The molecule has 0 amide bonds. The molecule has 80 valence electrons. The molecule has 2 nitrogen and oxygen atoms in total. The molecular weight excluding hydrogens is 186 g/mol. The highest BCUT2D eigenvalue weighted by Gasteiger charge is 2.28. The molecule has 0 radical (unpaired) electrons. The van der Waals surface area contributed by atoms with E-state index in [4.69, 9.17) is 4.74 Å². The first-order chi connectivity index (χ1) is 7.33. The van der Waals surface area contributed by atoms with Gasteiger partial charge in [-0.25, -0.2) is 0 Å². The number of fused-ring (bicyclic) bond motifs is 1. The Balaban J connectivity index is 1.81. The second kappa shape index (κ2) is 3.62. The van der Waals surface area contributed by atoms with Gasteiger partial charge < -0.3 is 4.74 Å². The highest BCUT2D eigenvalue weighted by atomic mass is 16.5. The molecule has 0 saturated carbocycles. The normalized spacial score (nSPS) is 22.2. The minimum atomic E-state index is 0.679. The molecule has 0 unspecified atom stereocenters. The molecule has 1 aromatic rings. The summed E-state index contributed by atoms with van der Waals surface area (Å²) >= 11 is 0. The van der Waals surface area contributed by atoms with Crippen LogP contribution >= 0.6 is 0 Å². The van der Waals surface area contributed by atoms with Crippen molar-refractivity contribution in [3.05, 3.63) is 34.9 Å². The van der Waals surface area contributed by atoms with Gasteiger partial charge in [-0.3, -0.25) is 4.90 Å². The third-order valence-electron chi connectivity index (χ3n) is 3.54. The number of ether oxygens (including phenoxy) is 1. The first-order valence-corrected chi connectivity index (χ1v) is 5.73. The van der Waals surface area contributed by atoms with Crippen LogP contribution in [0, 0.1) is 6.92 Å². The first-order valence-electron chi connectivity index (χ1n) is 5.73. The van der Waals surface area contributed by atoms with E-state index in [0.717, 1.165) is 19.8 Å². The summed E-state index contributed by atoms with van der Waals surface area (Å²) in [7, 11) is 0. The first kappa shape index (κ1) is 9.37. The minimum absolute atomic E-state index is 0.679. The molecule has 2 aliphatic heterocycles. The number of aryl methyl sites for hydroxylation is 1. The van der Waals surface area contributed by atoms with E-state index in [-0.39, 0.29) is 0 Å². The molecule has 3 rings (SSSR count). The van der Waals surface area contributed by atoms with Gasteiger partial charge in [0.2, 0.25) is 0 Å². The summed E-state index contributed by atoms with van der Waals surface area (Å²) in [6, 6.07) is 7.53. The van der Waals surface area contributed by atoms with Crippen molar-refractivity contribution < 1.29 is 4.74 Å². The van der Waals surface area contributed by atoms with Crippen LogP contribution in [-0.2, 0) is 17.7 Å². The van der Waals surface area contributed by atoms with Gasteiger partial charge in [0, 0.05) is 13.1 Å². The topological polar surface area (TPSA) is 12.5 Å². The van der Waals surface area contributed by atoms with Crippen molar-refractivity contribution in [1.29, 1.82) is 0 Å². The van der Waals surface area contributed by atoms with Crippen LogP contribution in [0.3, 0.4) is 0 Å². The maximum atomic E-state index is 5.26. The van der Waals surface area contributed by atoms with E-state index in [1.54, 1.807) is 0 Å². The molecule has 2 heteroatoms. The maximum Gasteiger partial charge on any atom is 0.0645 e. The van der Waals surface area contributed by atoms with E-state index in [2.05, 4.69) is 30.0 Å². The highest BCUT2D eigenvalue weighted by molar-refractivity contribution is 5.33. The van der Waals surface area contributed by atoms with E-state index < -0.39 is 0 Å². The Morgan fingerprint density at radius 2 is 2.13 bits per heavy atom. The second-order valence-electron chi connectivity index (χ2n) is 4.68. The van der Waals surface area contributed by atoms with E-state index in [9.17, 15) is 0 Å². The van der Waals surface area contributed by atoms with Crippen molar-refractivity contribution in [2.75, 3.05) is 19.8 Å². The summed E-state index contributed by atoms with van der Waals surface area (Å²) < 4.78 is 5.26. The van der Waals surface area contributed by atoms with Crippen LogP contribution in [0.4, 0.5) is 0 Å². The molecule has 1 aromatic carbocycles. The molecule has 0 aliphatic carbocycles. The number of hydrogen-bond donors (Lipinski definition) is 0. The molecule has 15 heavy (non-hydrogen) atoms. The highest BCUT2D eigenvalue weighted by Crippen LogP contribution is 2.23. The Hall–Kier alpha value is -0.860. The van der Waals surface area contributed by atoms with Gasteiger partial charge in [-0.1, -0.05) is 23.8 Å². The van der Waals surface area contributed by atoms with Gasteiger partial charge in [0.05, 0.1) is 19.3 Å². The van der Waals surface area contributed by atoms with Gasteiger partial charge in [0.15, 0.2) is 0 Å². The predicted molar refractivity (Wildman–Crippen MR) is 59.9 cm³/mol. The zero-order chi connectivity index (χ0) is 10.3. The lowest BCUT2D eigenvalue weighted by atomic mass is 9.96. The van der Waals surface area contributed by atoms with Crippen LogP contribution < -0.4 is 0 Å². The molecular formula is C13H17NO. The monoisotopic (exact) mass is 203 g/mol. The zero-order valence-corrected chi connectivity index (χ0v) is 9.20. The molecule has 0 N–H and O–H groups in total. The fourth-order valence-electron chi connectivity index (χ4n) is 2.45.